The van der Waals surface area contributed by atoms with Crippen LogP contribution in [0.3, 0.4) is 0 Å². The highest BCUT2D eigenvalue weighted by Gasteiger charge is 2.17. The summed E-state index contributed by atoms with van der Waals surface area (Å²) in [5, 5.41) is 24.6. The van der Waals surface area contributed by atoms with Crippen LogP contribution in [0.1, 0.15) is 15.9 Å². The molecule has 0 aliphatic heterocycles. The monoisotopic (exact) mass is 397 g/mol. The molecule has 2 aromatic carbocycles. The third kappa shape index (κ3) is 4.05. The summed E-state index contributed by atoms with van der Waals surface area (Å²) < 4.78 is 0.390. The van der Waals surface area contributed by atoms with Gasteiger partial charge in [0.2, 0.25) is 5.75 Å². The average Bonchev–Trinajstić information content (AvgIpc) is 2.50. The highest BCUT2D eigenvalue weighted by molar-refractivity contribution is 9.10. The van der Waals surface area contributed by atoms with Crippen LogP contribution >= 0.6 is 27.5 Å². The summed E-state index contributed by atoms with van der Waals surface area (Å²) in [7, 11) is 0. The van der Waals surface area contributed by atoms with E-state index >= 15 is 0 Å². The molecule has 0 bridgehead atoms. The Morgan fingerprint density at radius 2 is 2.09 bits per heavy atom. The largest absolute Gasteiger partial charge is 0.502 e. The van der Waals surface area contributed by atoms with Gasteiger partial charge in [-0.05, 0) is 18.2 Å². The summed E-state index contributed by atoms with van der Waals surface area (Å²) >= 11 is 8.98. The zero-order valence-corrected chi connectivity index (χ0v) is 13.7. The van der Waals surface area contributed by atoms with E-state index in [1.54, 1.807) is 18.2 Å². The molecule has 9 heteroatoms. The van der Waals surface area contributed by atoms with Crippen LogP contribution in [-0.4, -0.2) is 22.2 Å². The summed E-state index contributed by atoms with van der Waals surface area (Å²) in [6.07, 6.45) is 1.10. The molecule has 2 aromatic rings. The van der Waals surface area contributed by atoms with Crippen LogP contribution in [0.15, 0.2) is 46.0 Å². The summed E-state index contributed by atoms with van der Waals surface area (Å²) in [5.41, 5.74) is 2.07. The van der Waals surface area contributed by atoms with Crippen LogP contribution in [-0.2, 0) is 0 Å². The number of hydrogen-bond donors (Lipinski definition) is 2. The minimum atomic E-state index is -0.722. The maximum absolute atomic E-state index is 11.9. The van der Waals surface area contributed by atoms with Crippen LogP contribution in [0.4, 0.5) is 5.69 Å². The molecule has 1 amide bonds. The Morgan fingerprint density at radius 3 is 2.74 bits per heavy atom. The molecule has 118 valence electrons. The van der Waals surface area contributed by atoms with Crippen molar-refractivity contribution in [3.8, 4) is 5.75 Å². The van der Waals surface area contributed by atoms with Gasteiger partial charge in [0.1, 0.15) is 0 Å². The smallest absolute Gasteiger partial charge is 0.312 e. The first-order valence-corrected chi connectivity index (χ1v) is 7.32. The van der Waals surface area contributed by atoms with Gasteiger partial charge >= 0.3 is 5.69 Å². The van der Waals surface area contributed by atoms with Crippen molar-refractivity contribution in [2.24, 2.45) is 5.10 Å². The van der Waals surface area contributed by atoms with E-state index in [0.29, 0.717) is 4.47 Å². The van der Waals surface area contributed by atoms with Crippen LogP contribution in [0.5, 0.6) is 5.75 Å². The number of nitrogens with zero attached hydrogens (tertiary/aromatic N) is 2. The number of nitrogens with one attached hydrogen (secondary N) is 1. The highest BCUT2D eigenvalue weighted by atomic mass is 79.9. The van der Waals surface area contributed by atoms with Crippen LogP contribution < -0.4 is 5.43 Å². The molecule has 7 nitrogen and oxygen atoms in total. The zero-order valence-electron chi connectivity index (χ0n) is 11.4. The molecule has 2 rings (SSSR count). The standard InChI is InChI=1S/C14H9BrClN3O4/c15-9-5-8(13(20)12(6-9)19(22)23)7-17-18-14(21)10-3-1-2-4-11(10)16/h1-7,20H,(H,18,21)/b17-7-. The fraction of sp³-hybridized carbons (Fsp3) is 0. The topological polar surface area (TPSA) is 105 Å². The number of carbonyl (C=O) groups is 1. The Morgan fingerprint density at radius 1 is 1.39 bits per heavy atom. The Balaban J connectivity index is 2.20. The summed E-state index contributed by atoms with van der Waals surface area (Å²) in [6.45, 7) is 0. The van der Waals surface area contributed by atoms with Crippen molar-refractivity contribution in [1.29, 1.82) is 0 Å². The maximum atomic E-state index is 11.9. The number of halogens is 2. The SMILES string of the molecule is O=C(N/N=C\c1cc(Br)cc([N+](=O)[O-])c1O)c1ccccc1Cl. The number of phenolic OH excluding ortho intramolecular Hbond substituents is 1. The first-order valence-electron chi connectivity index (χ1n) is 6.15. The Labute approximate surface area is 143 Å². The third-order valence-corrected chi connectivity index (χ3v) is 3.56. The molecule has 0 saturated carbocycles. The van der Waals surface area contributed by atoms with Crippen molar-refractivity contribution in [2.45, 2.75) is 0 Å². The average molecular weight is 399 g/mol. The van der Waals surface area contributed by atoms with E-state index in [1.165, 1.54) is 12.1 Å². The van der Waals surface area contributed by atoms with E-state index in [0.717, 1.165) is 12.3 Å². The summed E-state index contributed by atoms with van der Waals surface area (Å²) in [5.74, 6) is -1.09. The van der Waals surface area contributed by atoms with E-state index in [4.69, 9.17) is 11.6 Å². The van der Waals surface area contributed by atoms with Crippen molar-refractivity contribution in [1.82, 2.24) is 5.43 Å². The first kappa shape index (κ1) is 16.9. The molecule has 2 N–H and O–H groups in total. The van der Waals surface area contributed by atoms with Gasteiger partial charge in [-0.1, -0.05) is 39.7 Å². The molecular formula is C14H9BrClN3O4. The zero-order chi connectivity index (χ0) is 17.0. The number of benzene rings is 2. The van der Waals surface area contributed by atoms with Crippen molar-refractivity contribution < 1.29 is 14.8 Å². The number of hydrogen-bond acceptors (Lipinski definition) is 5. The highest BCUT2D eigenvalue weighted by Crippen LogP contribution is 2.32. The number of nitro benzene ring substituents is 1. The molecule has 23 heavy (non-hydrogen) atoms. The first-order chi connectivity index (χ1) is 10.9. The lowest BCUT2D eigenvalue weighted by Gasteiger charge is -2.03. The molecule has 0 heterocycles. The molecule has 0 spiro atoms. The summed E-state index contributed by atoms with van der Waals surface area (Å²) in [6, 6.07) is 9.00. The van der Waals surface area contributed by atoms with Crippen molar-refractivity contribution in [3.05, 3.63) is 67.1 Å². The predicted octanol–water partition coefficient (Wildman–Crippen LogP) is 3.48. The minimum Gasteiger partial charge on any atom is -0.502 e. The predicted molar refractivity (Wildman–Crippen MR) is 89.0 cm³/mol. The van der Waals surface area contributed by atoms with Crippen LogP contribution in [0, 0.1) is 10.1 Å². The fourth-order valence-corrected chi connectivity index (χ4v) is 2.39. The molecular weight excluding hydrogens is 390 g/mol. The van der Waals surface area contributed by atoms with E-state index in [2.05, 4.69) is 26.5 Å². The number of amides is 1. The molecule has 0 unspecified atom stereocenters. The third-order valence-electron chi connectivity index (χ3n) is 2.77. The quantitative estimate of drug-likeness (QED) is 0.467. The van der Waals surface area contributed by atoms with Gasteiger partial charge in [0.05, 0.1) is 21.7 Å². The van der Waals surface area contributed by atoms with Gasteiger partial charge in [-0.2, -0.15) is 5.10 Å². The molecule has 0 fully saturated rings. The van der Waals surface area contributed by atoms with Gasteiger partial charge in [0.15, 0.2) is 0 Å². The number of rotatable bonds is 4. The van der Waals surface area contributed by atoms with E-state index < -0.39 is 22.3 Å². The second-order valence-electron chi connectivity index (χ2n) is 4.30. The van der Waals surface area contributed by atoms with Crippen molar-refractivity contribution in [2.75, 3.05) is 0 Å². The van der Waals surface area contributed by atoms with Crippen LogP contribution in [0.25, 0.3) is 0 Å². The lowest BCUT2D eigenvalue weighted by atomic mass is 10.2. The van der Waals surface area contributed by atoms with Crippen molar-refractivity contribution >= 4 is 45.3 Å². The van der Waals surface area contributed by atoms with Crippen molar-refractivity contribution in [3.63, 3.8) is 0 Å². The fourth-order valence-electron chi connectivity index (χ4n) is 1.71. The lowest BCUT2D eigenvalue weighted by molar-refractivity contribution is -0.385. The van der Waals surface area contributed by atoms with Gasteiger partial charge < -0.3 is 5.11 Å². The van der Waals surface area contributed by atoms with Gasteiger partial charge in [-0.15, -0.1) is 0 Å². The number of carbonyl (C=O) groups excluding carboxylic acids is 1. The second-order valence-corrected chi connectivity index (χ2v) is 5.62. The molecule has 0 saturated heterocycles. The Hall–Kier alpha value is -2.45. The molecule has 0 aromatic heterocycles. The normalized spacial score (nSPS) is 10.7. The Bertz CT molecular complexity index is 811. The number of aromatic hydroxyl groups is 1. The number of phenols is 1. The number of nitro groups is 1. The van der Waals surface area contributed by atoms with Gasteiger partial charge in [0, 0.05) is 16.1 Å². The maximum Gasteiger partial charge on any atom is 0.312 e. The second kappa shape index (κ2) is 7.21. The Kier molecular flexibility index (Phi) is 5.30. The minimum absolute atomic E-state index is 0.0746. The van der Waals surface area contributed by atoms with Crippen LogP contribution in [0.2, 0.25) is 5.02 Å². The van der Waals surface area contributed by atoms with E-state index in [1.807, 2.05) is 0 Å². The van der Waals surface area contributed by atoms with E-state index in [9.17, 15) is 20.0 Å². The summed E-state index contributed by atoms with van der Waals surface area (Å²) in [4.78, 5) is 22.0. The molecule has 0 atom stereocenters. The van der Waals surface area contributed by atoms with Gasteiger partial charge in [-0.25, -0.2) is 5.43 Å². The lowest BCUT2D eigenvalue weighted by Crippen LogP contribution is -2.17. The molecule has 0 aliphatic carbocycles. The van der Waals surface area contributed by atoms with E-state index in [-0.39, 0.29) is 16.1 Å². The van der Waals surface area contributed by atoms with Gasteiger partial charge in [0.25, 0.3) is 5.91 Å². The molecule has 0 aliphatic rings. The molecule has 0 radical (unpaired) electrons. The number of hydrazone groups is 1. The van der Waals surface area contributed by atoms with Gasteiger partial charge in [-0.3, -0.25) is 14.9 Å².